The summed E-state index contributed by atoms with van der Waals surface area (Å²) >= 11 is 0. The van der Waals surface area contributed by atoms with E-state index in [-0.39, 0.29) is 0 Å². The van der Waals surface area contributed by atoms with Crippen molar-refractivity contribution in [1.82, 2.24) is 5.32 Å². The Morgan fingerprint density at radius 1 is 0.889 bits per heavy atom. The van der Waals surface area contributed by atoms with Crippen LogP contribution in [0.4, 0.5) is 0 Å². The van der Waals surface area contributed by atoms with Crippen molar-refractivity contribution in [1.29, 1.82) is 0 Å². The summed E-state index contributed by atoms with van der Waals surface area (Å²) in [7, 11) is 0. The number of ether oxygens (including phenoxy) is 1. The molecule has 3 aliphatic rings. The van der Waals surface area contributed by atoms with Crippen LogP contribution in [0, 0.1) is 0 Å². The molecule has 2 heterocycles. The molecule has 2 saturated heterocycles. The van der Waals surface area contributed by atoms with Crippen molar-refractivity contribution in [3.8, 4) is 0 Å². The maximum Gasteiger partial charge on any atom is 0.0687 e. The molecule has 3 fully saturated rings. The normalized spacial score (nSPS) is 36.7. The minimum absolute atomic E-state index is 0.313. The van der Waals surface area contributed by atoms with Gasteiger partial charge in [-0.3, -0.25) is 0 Å². The SMILES string of the molecule is C1CCNC(CC2CCC3(CCCCC3)O2)CC1. The summed E-state index contributed by atoms with van der Waals surface area (Å²) in [5.74, 6) is 0. The van der Waals surface area contributed by atoms with E-state index in [4.69, 9.17) is 4.74 Å². The molecular weight excluding hydrogens is 222 g/mol. The molecule has 18 heavy (non-hydrogen) atoms. The molecule has 2 unspecified atom stereocenters. The van der Waals surface area contributed by atoms with Crippen LogP contribution in [0.5, 0.6) is 0 Å². The van der Waals surface area contributed by atoms with Gasteiger partial charge in [-0.2, -0.15) is 0 Å². The molecule has 0 radical (unpaired) electrons. The molecule has 2 atom stereocenters. The van der Waals surface area contributed by atoms with Crippen LogP contribution in [-0.2, 0) is 4.74 Å². The Kier molecular flexibility index (Phi) is 4.25. The number of nitrogens with one attached hydrogen (secondary N) is 1. The molecule has 2 aliphatic heterocycles. The Morgan fingerprint density at radius 3 is 2.61 bits per heavy atom. The van der Waals surface area contributed by atoms with Crippen LogP contribution in [0.15, 0.2) is 0 Å². The van der Waals surface area contributed by atoms with Crippen molar-refractivity contribution in [2.24, 2.45) is 0 Å². The number of hydrogen-bond donors (Lipinski definition) is 1. The molecule has 1 aliphatic carbocycles. The molecular formula is C16H29NO. The molecule has 0 aromatic heterocycles. The first kappa shape index (κ1) is 12.9. The van der Waals surface area contributed by atoms with Crippen molar-refractivity contribution < 1.29 is 4.74 Å². The van der Waals surface area contributed by atoms with E-state index in [9.17, 15) is 0 Å². The van der Waals surface area contributed by atoms with E-state index in [1.807, 2.05) is 0 Å². The molecule has 0 aromatic carbocycles. The largest absolute Gasteiger partial charge is 0.372 e. The summed E-state index contributed by atoms with van der Waals surface area (Å²) in [6.07, 6.45) is 16.9. The fraction of sp³-hybridized carbons (Fsp3) is 1.00. The maximum atomic E-state index is 6.49. The third-order valence-corrected chi connectivity index (χ3v) is 5.31. The molecule has 1 saturated carbocycles. The minimum atomic E-state index is 0.313. The predicted molar refractivity (Wildman–Crippen MR) is 74.8 cm³/mol. The van der Waals surface area contributed by atoms with Crippen molar-refractivity contribution in [3.05, 3.63) is 0 Å². The van der Waals surface area contributed by atoms with Crippen LogP contribution >= 0.6 is 0 Å². The smallest absolute Gasteiger partial charge is 0.0687 e. The third kappa shape index (κ3) is 3.08. The van der Waals surface area contributed by atoms with Gasteiger partial charge in [-0.1, -0.05) is 32.1 Å². The predicted octanol–water partition coefficient (Wildman–Crippen LogP) is 3.79. The first-order valence-electron chi connectivity index (χ1n) is 8.28. The van der Waals surface area contributed by atoms with Gasteiger partial charge in [0.05, 0.1) is 11.7 Å². The summed E-state index contributed by atoms with van der Waals surface area (Å²) in [4.78, 5) is 0. The quantitative estimate of drug-likeness (QED) is 0.806. The molecule has 104 valence electrons. The summed E-state index contributed by atoms with van der Waals surface area (Å²) < 4.78 is 6.49. The van der Waals surface area contributed by atoms with Crippen molar-refractivity contribution in [2.45, 2.75) is 94.8 Å². The van der Waals surface area contributed by atoms with Gasteiger partial charge in [0.2, 0.25) is 0 Å². The second-order valence-electron chi connectivity index (χ2n) is 6.76. The monoisotopic (exact) mass is 251 g/mol. The van der Waals surface area contributed by atoms with E-state index in [2.05, 4.69) is 5.32 Å². The van der Waals surface area contributed by atoms with E-state index in [0.29, 0.717) is 11.7 Å². The molecule has 3 rings (SSSR count). The van der Waals surface area contributed by atoms with Crippen LogP contribution in [0.3, 0.4) is 0 Å². The van der Waals surface area contributed by atoms with Crippen LogP contribution < -0.4 is 5.32 Å². The lowest BCUT2D eigenvalue weighted by Gasteiger charge is -2.34. The highest BCUT2D eigenvalue weighted by Crippen LogP contribution is 2.43. The van der Waals surface area contributed by atoms with Gasteiger partial charge >= 0.3 is 0 Å². The van der Waals surface area contributed by atoms with Gasteiger partial charge in [0.1, 0.15) is 0 Å². The van der Waals surface area contributed by atoms with Gasteiger partial charge < -0.3 is 10.1 Å². The van der Waals surface area contributed by atoms with Crippen LogP contribution in [-0.4, -0.2) is 24.3 Å². The minimum Gasteiger partial charge on any atom is -0.372 e. The molecule has 0 bridgehead atoms. The van der Waals surface area contributed by atoms with Gasteiger partial charge in [-0.15, -0.1) is 0 Å². The van der Waals surface area contributed by atoms with E-state index in [1.165, 1.54) is 83.6 Å². The Labute approximate surface area is 112 Å². The Bertz CT molecular complexity index is 252. The first-order valence-corrected chi connectivity index (χ1v) is 8.28. The molecule has 1 N–H and O–H groups in total. The lowest BCUT2D eigenvalue weighted by Crippen LogP contribution is -2.35. The fourth-order valence-corrected chi connectivity index (χ4v) is 4.24. The number of hydrogen-bond acceptors (Lipinski definition) is 2. The standard InChI is InChI=1S/C16H29NO/c1-3-7-14(17-12-6-1)13-15-8-11-16(18-15)9-4-2-5-10-16/h14-15,17H,1-13H2. The zero-order valence-electron chi connectivity index (χ0n) is 11.8. The van der Waals surface area contributed by atoms with E-state index < -0.39 is 0 Å². The lowest BCUT2D eigenvalue weighted by atomic mass is 9.83. The third-order valence-electron chi connectivity index (χ3n) is 5.31. The molecule has 2 heteroatoms. The second-order valence-corrected chi connectivity index (χ2v) is 6.76. The van der Waals surface area contributed by atoms with E-state index in [0.717, 1.165) is 6.04 Å². The van der Waals surface area contributed by atoms with Crippen LogP contribution in [0.1, 0.15) is 77.0 Å². The van der Waals surface area contributed by atoms with Crippen molar-refractivity contribution in [2.75, 3.05) is 6.54 Å². The lowest BCUT2D eigenvalue weighted by molar-refractivity contribution is -0.0680. The summed E-state index contributed by atoms with van der Waals surface area (Å²) in [6.45, 7) is 1.22. The van der Waals surface area contributed by atoms with Crippen LogP contribution in [0.25, 0.3) is 0 Å². The zero-order chi connectivity index (χ0) is 12.3. The van der Waals surface area contributed by atoms with Gasteiger partial charge in [0, 0.05) is 6.04 Å². The van der Waals surface area contributed by atoms with Gasteiger partial charge in [0.15, 0.2) is 0 Å². The number of rotatable bonds is 2. The van der Waals surface area contributed by atoms with Crippen LogP contribution in [0.2, 0.25) is 0 Å². The second kappa shape index (κ2) is 5.92. The van der Waals surface area contributed by atoms with E-state index >= 15 is 0 Å². The fourth-order valence-electron chi connectivity index (χ4n) is 4.24. The van der Waals surface area contributed by atoms with Crippen molar-refractivity contribution in [3.63, 3.8) is 0 Å². The average Bonchev–Trinajstić information content (AvgIpc) is 2.62. The Balaban J connectivity index is 1.49. The Morgan fingerprint density at radius 2 is 1.72 bits per heavy atom. The average molecular weight is 251 g/mol. The topological polar surface area (TPSA) is 21.3 Å². The summed E-state index contributed by atoms with van der Waals surface area (Å²) in [5.41, 5.74) is 0.313. The summed E-state index contributed by atoms with van der Waals surface area (Å²) in [6, 6.07) is 0.733. The zero-order valence-corrected chi connectivity index (χ0v) is 11.8. The molecule has 0 amide bonds. The highest BCUT2D eigenvalue weighted by atomic mass is 16.5. The van der Waals surface area contributed by atoms with Gasteiger partial charge in [-0.25, -0.2) is 0 Å². The van der Waals surface area contributed by atoms with Crippen molar-refractivity contribution >= 4 is 0 Å². The van der Waals surface area contributed by atoms with Gasteiger partial charge in [0.25, 0.3) is 0 Å². The highest BCUT2D eigenvalue weighted by Gasteiger charge is 2.41. The van der Waals surface area contributed by atoms with Gasteiger partial charge in [-0.05, 0) is 51.5 Å². The first-order chi connectivity index (χ1) is 8.86. The molecule has 1 spiro atoms. The highest BCUT2D eigenvalue weighted by molar-refractivity contribution is 4.92. The Hall–Kier alpha value is -0.0800. The molecule has 0 aromatic rings. The maximum absolute atomic E-state index is 6.49. The molecule has 2 nitrogen and oxygen atoms in total. The van der Waals surface area contributed by atoms with E-state index in [1.54, 1.807) is 0 Å². The summed E-state index contributed by atoms with van der Waals surface area (Å²) in [5, 5.41) is 3.72.